The molecule has 124 valence electrons. The molecule has 1 aliphatic rings. The zero-order valence-electron chi connectivity index (χ0n) is 13.5. The first kappa shape index (κ1) is 16.0. The van der Waals surface area contributed by atoms with Gasteiger partial charge < -0.3 is 16.0 Å². The lowest BCUT2D eigenvalue weighted by molar-refractivity contribution is -0.119. The normalized spacial score (nSPS) is 15.4. The Morgan fingerprint density at radius 1 is 1.21 bits per heavy atom. The van der Waals surface area contributed by atoms with Crippen LogP contribution in [0.3, 0.4) is 0 Å². The van der Waals surface area contributed by atoms with Crippen molar-refractivity contribution in [3.63, 3.8) is 0 Å². The third-order valence-corrected chi connectivity index (χ3v) is 3.92. The quantitative estimate of drug-likeness (QED) is 0.669. The minimum atomic E-state index is 0.204. The largest absolute Gasteiger partial charge is 0.370 e. The van der Waals surface area contributed by atoms with E-state index in [1.807, 2.05) is 47.4 Å². The number of pyridine rings is 1. The van der Waals surface area contributed by atoms with Crippen LogP contribution in [0.5, 0.6) is 0 Å². The summed E-state index contributed by atoms with van der Waals surface area (Å²) in [6, 6.07) is 13.4. The van der Waals surface area contributed by atoms with Gasteiger partial charge in [0.15, 0.2) is 5.96 Å². The third-order valence-electron chi connectivity index (χ3n) is 3.92. The molecule has 1 fully saturated rings. The summed E-state index contributed by atoms with van der Waals surface area (Å²) < 4.78 is 0. The summed E-state index contributed by atoms with van der Waals surface area (Å²) in [7, 11) is 0. The van der Waals surface area contributed by atoms with Crippen LogP contribution in [0, 0.1) is 0 Å². The lowest BCUT2D eigenvalue weighted by Gasteiger charge is -2.26. The molecule has 1 aliphatic heterocycles. The van der Waals surface area contributed by atoms with Crippen molar-refractivity contribution in [3.8, 4) is 0 Å². The molecule has 2 heterocycles. The van der Waals surface area contributed by atoms with Crippen LogP contribution in [0.25, 0.3) is 0 Å². The number of carbonyl (C=O) groups excluding carboxylic acids is 1. The topological polar surface area (TPSA) is 83.6 Å². The van der Waals surface area contributed by atoms with Crippen molar-refractivity contribution in [2.24, 2.45) is 10.7 Å². The fourth-order valence-corrected chi connectivity index (χ4v) is 2.64. The lowest BCUT2D eigenvalue weighted by atomic mass is 10.1. The van der Waals surface area contributed by atoms with Gasteiger partial charge in [-0.1, -0.05) is 18.2 Å². The molecule has 0 atom stereocenters. The average molecular weight is 323 g/mol. The van der Waals surface area contributed by atoms with Gasteiger partial charge in [-0.3, -0.25) is 4.79 Å². The summed E-state index contributed by atoms with van der Waals surface area (Å²) in [6.07, 6.45) is 4.39. The molecule has 3 N–H and O–H groups in total. The fraction of sp³-hybridized carbons (Fsp3) is 0.278. The van der Waals surface area contributed by atoms with E-state index in [-0.39, 0.29) is 5.91 Å². The van der Waals surface area contributed by atoms with E-state index in [0.717, 1.165) is 30.6 Å². The Morgan fingerprint density at radius 2 is 2.04 bits per heavy atom. The molecule has 0 unspecified atom stereocenters. The Labute approximate surface area is 141 Å². The SMILES string of the molecule is NC(=NCc1ccc(N2CCCCC2=O)cc1)Nc1ccccn1. The van der Waals surface area contributed by atoms with Crippen LogP contribution in [-0.2, 0) is 11.3 Å². The number of carbonyl (C=O) groups is 1. The van der Waals surface area contributed by atoms with Crippen molar-refractivity contribution in [1.82, 2.24) is 4.98 Å². The minimum absolute atomic E-state index is 0.204. The number of rotatable bonds is 4. The van der Waals surface area contributed by atoms with Gasteiger partial charge in [-0.25, -0.2) is 9.98 Å². The van der Waals surface area contributed by atoms with E-state index in [0.29, 0.717) is 24.7 Å². The summed E-state index contributed by atoms with van der Waals surface area (Å²) in [4.78, 5) is 22.2. The molecule has 3 rings (SSSR count). The summed E-state index contributed by atoms with van der Waals surface area (Å²) in [5.74, 6) is 1.19. The van der Waals surface area contributed by atoms with E-state index >= 15 is 0 Å². The van der Waals surface area contributed by atoms with Crippen LogP contribution in [0.15, 0.2) is 53.7 Å². The standard InChI is InChI=1S/C18H21N5O/c19-18(22-16-5-1-3-11-20-16)21-13-14-7-9-15(10-8-14)23-12-4-2-6-17(23)24/h1,3,5,7-11H,2,4,6,12-13H2,(H3,19,20,21,22). The van der Waals surface area contributed by atoms with Gasteiger partial charge >= 0.3 is 0 Å². The fourth-order valence-electron chi connectivity index (χ4n) is 2.64. The number of benzene rings is 1. The van der Waals surface area contributed by atoms with Crippen molar-refractivity contribution in [1.29, 1.82) is 0 Å². The predicted octanol–water partition coefficient (Wildman–Crippen LogP) is 2.53. The highest BCUT2D eigenvalue weighted by molar-refractivity contribution is 5.94. The molecule has 0 bridgehead atoms. The summed E-state index contributed by atoms with van der Waals surface area (Å²) in [6.45, 7) is 1.27. The zero-order chi connectivity index (χ0) is 16.8. The first-order chi connectivity index (χ1) is 11.7. The number of anilines is 2. The molecule has 0 spiro atoms. The van der Waals surface area contributed by atoms with Gasteiger partial charge in [0.25, 0.3) is 0 Å². The van der Waals surface area contributed by atoms with Crippen LogP contribution in [-0.4, -0.2) is 23.4 Å². The van der Waals surface area contributed by atoms with Crippen molar-refractivity contribution >= 4 is 23.4 Å². The molecule has 1 saturated heterocycles. The third kappa shape index (κ3) is 4.10. The van der Waals surface area contributed by atoms with E-state index in [2.05, 4.69) is 15.3 Å². The molecule has 1 amide bonds. The number of nitrogens with two attached hydrogens (primary N) is 1. The van der Waals surface area contributed by atoms with Gasteiger partial charge in [0.2, 0.25) is 5.91 Å². The second kappa shape index (κ2) is 7.59. The Balaban J connectivity index is 1.59. The van der Waals surface area contributed by atoms with Crippen molar-refractivity contribution in [2.75, 3.05) is 16.8 Å². The highest BCUT2D eigenvalue weighted by Gasteiger charge is 2.19. The van der Waals surface area contributed by atoms with Gasteiger partial charge in [0.05, 0.1) is 6.54 Å². The van der Waals surface area contributed by atoms with Crippen LogP contribution < -0.4 is 16.0 Å². The first-order valence-corrected chi connectivity index (χ1v) is 8.10. The van der Waals surface area contributed by atoms with E-state index in [1.54, 1.807) is 6.20 Å². The average Bonchev–Trinajstić information content (AvgIpc) is 2.62. The molecular weight excluding hydrogens is 302 g/mol. The number of piperidine rings is 1. The number of hydrogen-bond acceptors (Lipinski definition) is 3. The number of aromatic nitrogens is 1. The first-order valence-electron chi connectivity index (χ1n) is 8.10. The second-order valence-corrected chi connectivity index (χ2v) is 5.71. The van der Waals surface area contributed by atoms with Gasteiger partial charge in [0.1, 0.15) is 5.82 Å². The van der Waals surface area contributed by atoms with Gasteiger partial charge in [-0.15, -0.1) is 0 Å². The van der Waals surface area contributed by atoms with Crippen LogP contribution in [0.2, 0.25) is 0 Å². The van der Waals surface area contributed by atoms with Crippen LogP contribution >= 0.6 is 0 Å². The second-order valence-electron chi connectivity index (χ2n) is 5.71. The van der Waals surface area contributed by atoms with Gasteiger partial charge in [-0.2, -0.15) is 0 Å². The molecule has 2 aromatic rings. The van der Waals surface area contributed by atoms with Gasteiger partial charge in [0, 0.05) is 24.8 Å². The molecule has 24 heavy (non-hydrogen) atoms. The Morgan fingerprint density at radius 3 is 2.75 bits per heavy atom. The van der Waals surface area contributed by atoms with Crippen LogP contribution in [0.1, 0.15) is 24.8 Å². The summed E-state index contributed by atoms with van der Waals surface area (Å²) in [5.41, 5.74) is 7.85. The maximum atomic E-state index is 11.9. The number of amides is 1. The van der Waals surface area contributed by atoms with Crippen molar-refractivity contribution in [3.05, 3.63) is 54.2 Å². The monoisotopic (exact) mass is 323 g/mol. The van der Waals surface area contributed by atoms with E-state index < -0.39 is 0 Å². The van der Waals surface area contributed by atoms with Crippen molar-refractivity contribution in [2.45, 2.75) is 25.8 Å². The predicted molar refractivity (Wildman–Crippen MR) is 95.8 cm³/mol. The smallest absolute Gasteiger partial charge is 0.226 e. The van der Waals surface area contributed by atoms with Crippen LogP contribution in [0.4, 0.5) is 11.5 Å². The Hall–Kier alpha value is -2.89. The van der Waals surface area contributed by atoms with E-state index in [9.17, 15) is 4.79 Å². The zero-order valence-corrected chi connectivity index (χ0v) is 13.5. The summed E-state index contributed by atoms with van der Waals surface area (Å²) in [5, 5.41) is 2.94. The molecular formula is C18H21N5O. The highest BCUT2D eigenvalue weighted by atomic mass is 16.2. The molecule has 1 aromatic carbocycles. The highest BCUT2D eigenvalue weighted by Crippen LogP contribution is 2.21. The number of guanidine groups is 1. The van der Waals surface area contributed by atoms with Crippen molar-refractivity contribution < 1.29 is 4.79 Å². The number of hydrogen-bond donors (Lipinski definition) is 2. The Kier molecular flexibility index (Phi) is 5.05. The molecule has 0 radical (unpaired) electrons. The van der Waals surface area contributed by atoms with Gasteiger partial charge in [-0.05, 0) is 42.7 Å². The Bertz CT molecular complexity index is 712. The van der Waals surface area contributed by atoms with E-state index in [4.69, 9.17) is 5.73 Å². The molecule has 0 saturated carbocycles. The molecule has 0 aliphatic carbocycles. The maximum Gasteiger partial charge on any atom is 0.226 e. The summed E-state index contributed by atoms with van der Waals surface area (Å²) >= 11 is 0. The van der Waals surface area contributed by atoms with E-state index in [1.165, 1.54) is 0 Å². The lowest BCUT2D eigenvalue weighted by Crippen LogP contribution is -2.35. The number of nitrogens with zero attached hydrogens (tertiary/aromatic N) is 3. The molecule has 1 aromatic heterocycles. The number of nitrogens with one attached hydrogen (secondary N) is 1. The molecule has 6 nitrogen and oxygen atoms in total. The number of aliphatic imine (C=N–C) groups is 1. The minimum Gasteiger partial charge on any atom is -0.370 e. The molecule has 6 heteroatoms. The maximum absolute atomic E-state index is 11.9.